The number of nitrogens with zero attached hydrogens (tertiary/aromatic N) is 2. The Morgan fingerprint density at radius 1 is 0.814 bits per heavy atom. The monoisotopic (exact) mass is 606 g/mol. The third kappa shape index (κ3) is 13.3. The fourth-order valence-electron chi connectivity index (χ4n) is 4.29. The summed E-state index contributed by atoms with van der Waals surface area (Å²) in [6.45, 7) is 3.48. The van der Waals surface area contributed by atoms with E-state index in [2.05, 4.69) is 52.8 Å². The third-order valence-corrected chi connectivity index (χ3v) is 7.16. The summed E-state index contributed by atoms with van der Waals surface area (Å²) in [5.41, 5.74) is 4.07. The van der Waals surface area contributed by atoms with Crippen molar-refractivity contribution in [1.29, 1.82) is 0 Å². The molecule has 0 amide bonds. The van der Waals surface area contributed by atoms with Gasteiger partial charge < -0.3 is 30.9 Å². The first-order valence-electron chi connectivity index (χ1n) is 14.5. The maximum atomic E-state index is 9.73. The van der Waals surface area contributed by atoms with Crippen molar-refractivity contribution < 1.29 is 15.3 Å². The van der Waals surface area contributed by atoms with Crippen LogP contribution in [0.15, 0.2) is 103 Å². The van der Waals surface area contributed by atoms with Crippen molar-refractivity contribution in [2.75, 3.05) is 41.3 Å². The van der Waals surface area contributed by atoms with E-state index in [1.165, 1.54) is 5.56 Å². The molecule has 8 heteroatoms. The maximum absolute atomic E-state index is 9.73. The van der Waals surface area contributed by atoms with E-state index in [1.54, 1.807) is 31.3 Å². The second kappa shape index (κ2) is 19.8. The molecule has 0 aliphatic heterocycles. The predicted molar refractivity (Wildman–Crippen MR) is 178 cm³/mol. The highest BCUT2D eigenvalue weighted by Gasteiger charge is 2.15. The minimum Gasteiger partial charge on any atom is -0.508 e. The quantitative estimate of drug-likeness (QED) is 0.147. The zero-order valence-corrected chi connectivity index (χ0v) is 26.6. The molecule has 4 rings (SSSR count). The number of rotatable bonds is 11. The molecule has 0 aliphatic rings. The van der Waals surface area contributed by atoms with E-state index in [9.17, 15) is 10.2 Å². The van der Waals surface area contributed by atoms with Crippen molar-refractivity contribution in [3.63, 3.8) is 0 Å². The highest BCUT2D eigenvalue weighted by atomic mass is 35.5. The van der Waals surface area contributed by atoms with Gasteiger partial charge in [-0.2, -0.15) is 0 Å². The number of phenols is 1. The molecule has 0 fully saturated rings. The van der Waals surface area contributed by atoms with Crippen molar-refractivity contribution in [3.05, 3.63) is 131 Å². The number of benzene rings is 3. The van der Waals surface area contributed by atoms with Crippen molar-refractivity contribution in [2.45, 2.75) is 37.5 Å². The van der Waals surface area contributed by atoms with Crippen LogP contribution in [0.4, 0.5) is 0 Å². The number of likely N-dealkylation sites (N-methyl/N-ethyl adjacent to an activating group) is 2. The molecule has 0 spiro atoms. The van der Waals surface area contributed by atoms with Crippen molar-refractivity contribution in [2.24, 2.45) is 0 Å². The lowest BCUT2D eigenvalue weighted by Gasteiger charge is -2.19. The predicted octanol–water partition coefficient (Wildman–Crippen LogP) is 5.79. The summed E-state index contributed by atoms with van der Waals surface area (Å²) in [5, 5.41) is 34.9. The Morgan fingerprint density at radius 3 is 2.02 bits per heavy atom. The van der Waals surface area contributed by atoms with E-state index in [4.69, 9.17) is 16.7 Å². The average Bonchev–Trinajstić information content (AvgIpc) is 3.03. The lowest BCUT2D eigenvalue weighted by Crippen LogP contribution is -2.28. The Balaban J connectivity index is 0.000000236. The second-order valence-corrected chi connectivity index (χ2v) is 11.0. The van der Waals surface area contributed by atoms with E-state index < -0.39 is 12.2 Å². The Morgan fingerprint density at radius 2 is 1.47 bits per heavy atom. The largest absolute Gasteiger partial charge is 0.508 e. The van der Waals surface area contributed by atoms with Crippen LogP contribution in [0.2, 0.25) is 5.02 Å². The average molecular weight is 607 g/mol. The summed E-state index contributed by atoms with van der Waals surface area (Å²) in [5.74, 6) is 0.503. The molecule has 0 saturated carbocycles. The Labute approximate surface area is 262 Å². The number of hydrogen-bond acceptors (Lipinski definition) is 7. The van der Waals surface area contributed by atoms with Gasteiger partial charge in [0, 0.05) is 35.4 Å². The molecule has 1 unspecified atom stereocenters. The van der Waals surface area contributed by atoms with Gasteiger partial charge in [-0.25, -0.2) is 0 Å². The van der Waals surface area contributed by atoms with Gasteiger partial charge in [-0.05, 0) is 101 Å². The summed E-state index contributed by atoms with van der Waals surface area (Å²) >= 11 is 5.97. The molecule has 0 radical (unpaired) electrons. The Kier molecular flexibility index (Phi) is 16.5. The molecule has 7 nitrogen and oxygen atoms in total. The van der Waals surface area contributed by atoms with Gasteiger partial charge >= 0.3 is 0 Å². The van der Waals surface area contributed by atoms with Crippen LogP contribution in [0.3, 0.4) is 0 Å². The summed E-state index contributed by atoms with van der Waals surface area (Å²) in [7, 11) is 7.80. The highest BCUT2D eigenvalue weighted by molar-refractivity contribution is 6.30. The van der Waals surface area contributed by atoms with Crippen LogP contribution in [-0.2, 0) is 0 Å². The molecule has 5 N–H and O–H groups in total. The minimum atomic E-state index is -0.554. The molecule has 1 aromatic heterocycles. The summed E-state index contributed by atoms with van der Waals surface area (Å²) in [4.78, 5) is 6.70. The normalized spacial score (nSPS) is 13.5. The van der Waals surface area contributed by atoms with E-state index in [1.807, 2.05) is 74.8 Å². The molecular formula is C35H47ClN4O3. The third-order valence-electron chi connectivity index (χ3n) is 6.90. The summed E-state index contributed by atoms with van der Waals surface area (Å²) < 4.78 is 0. The molecule has 0 saturated heterocycles. The maximum Gasteiger partial charge on any atom is 0.115 e. The second-order valence-electron chi connectivity index (χ2n) is 10.6. The van der Waals surface area contributed by atoms with Gasteiger partial charge in [0.2, 0.25) is 0 Å². The molecule has 0 aliphatic carbocycles. The van der Waals surface area contributed by atoms with Crippen LogP contribution in [-0.4, -0.2) is 72.5 Å². The topological polar surface area (TPSA) is 101 Å². The first-order valence-corrected chi connectivity index (χ1v) is 14.9. The van der Waals surface area contributed by atoms with Crippen LogP contribution in [0.25, 0.3) is 0 Å². The lowest BCUT2D eigenvalue weighted by atomic mass is 9.92. The smallest absolute Gasteiger partial charge is 0.115 e. The van der Waals surface area contributed by atoms with Crippen LogP contribution < -0.4 is 10.6 Å². The fourth-order valence-corrected chi connectivity index (χ4v) is 4.42. The molecule has 4 aromatic rings. The van der Waals surface area contributed by atoms with Crippen LogP contribution in [0, 0.1) is 0 Å². The number of aromatic nitrogens is 1. The minimum absolute atomic E-state index is 0.0902. The first kappa shape index (κ1) is 35.9. The number of phenolic OH excluding ortho intramolecular Hbond substituents is 1. The number of hydrogen-bond donors (Lipinski definition) is 5. The van der Waals surface area contributed by atoms with Gasteiger partial charge in [-0.1, -0.05) is 72.3 Å². The van der Waals surface area contributed by atoms with Crippen LogP contribution >= 0.6 is 11.6 Å². The molecule has 3 aromatic carbocycles. The standard InChI is InChI=1S/C16H19ClN2.C10H15NO.C9H13NO2/c1-19(2)12-10-15(16-5-3-4-11-18-16)13-6-8-14(17)9-7-13;1-8(11-2)10(12)9-6-4-3-5-7-9;1-10-6-9(12)7-3-2-4-8(11)5-7/h3-9,11,15H,10,12H2,1-2H3;3-8,10-12H,1-2H3;2-5,9-12H,6H2,1H3/t;8-,10+;9-/m.00/s1. The Hall–Kier alpha value is -3.30. The summed E-state index contributed by atoms with van der Waals surface area (Å²) in [6, 6.07) is 30.6. The van der Waals surface area contributed by atoms with Gasteiger partial charge in [0.05, 0.1) is 12.2 Å². The number of nitrogens with one attached hydrogen (secondary N) is 2. The van der Waals surface area contributed by atoms with Crippen molar-refractivity contribution in [3.8, 4) is 5.75 Å². The van der Waals surface area contributed by atoms with Crippen molar-refractivity contribution >= 4 is 11.6 Å². The van der Waals surface area contributed by atoms with Crippen LogP contribution in [0.5, 0.6) is 5.75 Å². The van der Waals surface area contributed by atoms with E-state index in [-0.39, 0.29) is 11.8 Å². The zero-order valence-electron chi connectivity index (χ0n) is 25.9. The van der Waals surface area contributed by atoms with Gasteiger partial charge in [-0.15, -0.1) is 0 Å². The van der Waals surface area contributed by atoms with Gasteiger partial charge in [0.15, 0.2) is 0 Å². The number of aliphatic hydroxyl groups is 2. The zero-order chi connectivity index (χ0) is 31.6. The number of halogens is 1. The number of aromatic hydroxyl groups is 1. The van der Waals surface area contributed by atoms with E-state index in [0.29, 0.717) is 12.5 Å². The van der Waals surface area contributed by atoms with Gasteiger partial charge in [0.25, 0.3) is 0 Å². The van der Waals surface area contributed by atoms with Gasteiger partial charge in [0.1, 0.15) is 5.75 Å². The SMILES string of the molecule is CN(C)CCC(c1ccc(Cl)cc1)c1ccccn1.CNC[C@H](O)c1cccc(O)c1.CN[C@@H](C)[C@@H](O)c1ccccc1. The van der Waals surface area contributed by atoms with E-state index in [0.717, 1.165) is 34.8 Å². The fraction of sp³-hybridized carbons (Fsp3) is 0.343. The van der Waals surface area contributed by atoms with E-state index >= 15 is 0 Å². The number of aliphatic hydroxyl groups excluding tert-OH is 2. The summed E-state index contributed by atoms with van der Waals surface area (Å²) in [6.07, 6.45) is 1.93. The lowest BCUT2D eigenvalue weighted by molar-refractivity contribution is 0.140. The molecule has 43 heavy (non-hydrogen) atoms. The molecule has 0 bridgehead atoms. The molecular weight excluding hydrogens is 560 g/mol. The van der Waals surface area contributed by atoms with Crippen LogP contribution in [0.1, 0.15) is 53.9 Å². The molecule has 1 heterocycles. The molecule has 4 atom stereocenters. The highest BCUT2D eigenvalue weighted by Crippen LogP contribution is 2.27. The number of pyridine rings is 1. The Bertz CT molecular complexity index is 1280. The molecule has 232 valence electrons. The first-order chi connectivity index (χ1) is 20.7. The van der Waals surface area contributed by atoms with Gasteiger partial charge in [-0.3, -0.25) is 4.98 Å². The van der Waals surface area contributed by atoms with Crippen molar-refractivity contribution in [1.82, 2.24) is 20.5 Å².